The molecule has 1 aromatic heterocycles. The Hall–Kier alpha value is -2.37. The predicted molar refractivity (Wildman–Crippen MR) is 78.8 cm³/mol. The van der Waals surface area contributed by atoms with Gasteiger partial charge in [0, 0.05) is 26.6 Å². The van der Waals surface area contributed by atoms with Crippen LogP contribution in [0, 0.1) is 5.92 Å². The van der Waals surface area contributed by atoms with E-state index in [1.165, 1.54) is 4.90 Å². The molecule has 0 saturated heterocycles. The number of amides is 1. The molecule has 0 bridgehead atoms. The summed E-state index contributed by atoms with van der Waals surface area (Å²) in [4.78, 5) is 28.6. The van der Waals surface area contributed by atoms with Crippen molar-refractivity contribution < 1.29 is 14.7 Å². The number of carbonyl (C=O) groups excluding carboxylic acids is 1. The molecular formula is C15H19N3O3. The van der Waals surface area contributed by atoms with Crippen LogP contribution in [-0.2, 0) is 16.1 Å². The van der Waals surface area contributed by atoms with Gasteiger partial charge in [0.25, 0.3) is 0 Å². The highest BCUT2D eigenvalue weighted by molar-refractivity contribution is 5.78. The van der Waals surface area contributed by atoms with Gasteiger partial charge >= 0.3 is 5.97 Å². The molecule has 1 amide bonds. The highest BCUT2D eigenvalue weighted by atomic mass is 16.4. The Morgan fingerprint density at radius 3 is 2.81 bits per heavy atom. The Bertz CT molecular complexity index is 650. The topological polar surface area (TPSA) is 75.4 Å². The number of hydrogen-bond donors (Lipinski definition) is 1. The van der Waals surface area contributed by atoms with Gasteiger partial charge in [0.05, 0.1) is 23.3 Å². The first kappa shape index (κ1) is 15.0. The fraction of sp³-hybridized carbons (Fsp3) is 0.400. The number of para-hydroxylation sites is 2. The molecule has 6 nitrogen and oxygen atoms in total. The van der Waals surface area contributed by atoms with E-state index in [0.29, 0.717) is 13.0 Å². The van der Waals surface area contributed by atoms with Crippen LogP contribution in [0.4, 0.5) is 0 Å². The molecule has 1 aromatic carbocycles. The third-order valence-corrected chi connectivity index (χ3v) is 3.49. The fourth-order valence-corrected chi connectivity index (χ4v) is 2.19. The Morgan fingerprint density at radius 1 is 1.38 bits per heavy atom. The second kappa shape index (κ2) is 6.39. The summed E-state index contributed by atoms with van der Waals surface area (Å²) in [6, 6.07) is 7.74. The number of aryl methyl sites for hydroxylation is 1. The van der Waals surface area contributed by atoms with E-state index < -0.39 is 11.9 Å². The Morgan fingerprint density at radius 2 is 2.10 bits per heavy atom. The molecular weight excluding hydrogens is 270 g/mol. The number of benzene rings is 1. The monoisotopic (exact) mass is 289 g/mol. The van der Waals surface area contributed by atoms with Crippen LogP contribution >= 0.6 is 0 Å². The first-order valence-electron chi connectivity index (χ1n) is 6.85. The summed E-state index contributed by atoms with van der Waals surface area (Å²) >= 11 is 0. The van der Waals surface area contributed by atoms with Gasteiger partial charge in [-0.2, -0.15) is 0 Å². The summed E-state index contributed by atoms with van der Waals surface area (Å²) in [7, 11) is 1.63. The van der Waals surface area contributed by atoms with Crippen LogP contribution in [0.5, 0.6) is 0 Å². The molecule has 1 atom stereocenters. The lowest BCUT2D eigenvalue weighted by Crippen LogP contribution is -2.34. The van der Waals surface area contributed by atoms with Gasteiger partial charge < -0.3 is 14.6 Å². The van der Waals surface area contributed by atoms with Crippen LogP contribution < -0.4 is 0 Å². The molecule has 21 heavy (non-hydrogen) atoms. The third-order valence-electron chi connectivity index (χ3n) is 3.49. The molecule has 2 rings (SSSR count). The van der Waals surface area contributed by atoms with Gasteiger partial charge in [-0.15, -0.1) is 0 Å². The zero-order valence-corrected chi connectivity index (χ0v) is 12.2. The van der Waals surface area contributed by atoms with E-state index in [4.69, 9.17) is 5.11 Å². The molecule has 0 radical (unpaired) electrons. The number of carbonyl (C=O) groups is 2. The van der Waals surface area contributed by atoms with Gasteiger partial charge in [0.1, 0.15) is 0 Å². The second-order valence-corrected chi connectivity index (χ2v) is 5.19. The summed E-state index contributed by atoms with van der Waals surface area (Å²) in [5.41, 5.74) is 1.89. The number of carboxylic acid groups (broad SMARTS) is 1. The molecule has 0 aliphatic rings. The van der Waals surface area contributed by atoms with Crippen LogP contribution in [-0.4, -0.2) is 45.0 Å². The molecule has 0 aliphatic carbocycles. The second-order valence-electron chi connectivity index (χ2n) is 5.19. The van der Waals surface area contributed by atoms with Crippen molar-refractivity contribution in [3.8, 4) is 0 Å². The van der Waals surface area contributed by atoms with Gasteiger partial charge in [-0.3, -0.25) is 9.59 Å². The number of rotatable bonds is 6. The molecule has 1 unspecified atom stereocenters. The molecule has 0 fully saturated rings. The molecule has 112 valence electrons. The number of nitrogens with zero attached hydrogens (tertiary/aromatic N) is 3. The van der Waals surface area contributed by atoms with Crippen molar-refractivity contribution in [3.63, 3.8) is 0 Å². The van der Waals surface area contributed by atoms with Crippen molar-refractivity contribution in [1.29, 1.82) is 0 Å². The number of aliphatic carboxylic acids is 1. The maximum Gasteiger partial charge on any atom is 0.308 e. The molecule has 1 N–H and O–H groups in total. The van der Waals surface area contributed by atoms with E-state index in [0.717, 1.165) is 11.0 Å². The molecule has 0 saturated carbocycles. The largest absolute Gasteiger partial charge is 0.481 e. The van der Waals surface area contributed by atoms with Crippen molar-refractivity contribution in [2.24, 2.45) is 5.92 Å². The quantitative estimate of drug-likeness (QED) is 0.876. The lowest BCUT2D eigenvalue weighted by molar-refractivity contribution is -0.142. The average molecular weight is 289 g/mol. The van der Waals surface area contributed by atoms with Crippen LogP contribution in [0.2, 0.25) is 0 Å². The summed E-state index contributed by atoms with van der Waals surface area (Å²) in [5.74, 6) is -1.52. The maximum atomic E-state index is 12.0. The summed E-state index contributed by atoms with van der Waals surface area (Å²) in [6.45, 7) is 2.35. The summed E-state index contributed by atoms with van der Waals surface area (Å²) in [6.07, 6.45) is 2.04. The van der Waals surface area contributed by atoms with Gasteiger partial charge in [0.2, 0.25) is 5.91 Å². The molecule has 0 spiro atoms. The first-order valence-corrected chi connectivity index (χ1v) is 6.85. The van der Waals surface area contributed by atoms with Crippen molar-refractivity contribution in [2.75, 3.05) is 13.6 Å². The van der Waals surface area contributed by atoms with E-state index in [9.17, 15) is 9.59 Å². The predicted octanol–water partition coefficient (Wildman–Crippen LogP) is 1.61. The Kier molecular flexibility index (Phi) is 4.57. The summed E-state index contributed by atoms with van der Waals surface area (Å²) < 4.78 is 1.93. The van der Waals surface area contributed by atoms with Gasteiger partial charge in [0.15, 0.2) is 0 Å². The third kappa shape index (κ3) is 3.59. The van der Waals surface area contributed by atoms with Crippen molar-refractivity contribution in [2.45, 2.75) is 19.9 Å². The molecule has 6 heteroatoms. The van der Waals surface area contributed by atoms with Crippen molar-refractivity contribution in [3.05, 3.63) is 30.6 Å². The lowest BCUT2D eigenvalue weighted by Gasteiger charge is -2.19. The smallest absolute Gasteiger partial charge is 0.308 e. The first-order chi connectivity index (χ1) is 9.99. The van der Waals surface area contributed by atoms with E-state index in [2.05, 4.69) is 4.98 Å². The van der Waals surface area contributed by atoms with Crippen LogP contribution in [0.1, 0.15) is 13.3 Å². The Balaban J connectivity index is 1.93. The molecule has 2 aromatic rings. The van der Waals surface area contributed by atoms with Crippen molar-refractivity contribution in [1.82, 2.24) is 14.5 Å². The number of hydrogen-bond acceptors (Lipinski definition) is 3. The van der Waals surface area contributed by atoms with Gasteiger partial charge in [-0.25, -0.2) is 4.98 Å². The molecule has 1 heterocycles. The highest BCUT2D eigenvalue weighted by Crippen LogP contribution is 2.12. The number of imidazole rings is 1. The van der Waals surface area contributed by atoms with Crippen LogP contribution in [0.15, 0.2) is 30.6 Å². The zero-order valence-electron chi connectivity index (χ0n) is 12.2. The maximum absolute atomic E-state index is 12.0. The normalized spacial score (nSPS) is 12.3. The fourth-order valence-electron chi connectivity index (χ4n) is 2.19. The van der Waals surface area contributed by atoms with Gasteiger partial charge in [-0.05, 0) is 12.1 Å². The number of carboxylic acids is 1. The standard InChI is InChI=1S/C15H19N3O3/c1-11(15(20)21)9-17(2)14(19)7-8-18-10-16-12-5-3-4-6-13(12)18/h3-6,10-11H,7-9H2,1-2H3,(H,20,21). The lowest BCUT2D eigenvalue weighted by atomic mass is 10.1. The Labute approximate surface area is 123 Å². The van der Waals surface area contributed by atoms with E-state index in [1.54, 1.807) is 20.3 Å². The van der Waals surface area contributed by atoms with E-state index in [1.807, 2.05) is 28.8 Å². The number of aromatic nitrogens is 2. The highest BCUT2D eigenvalue weighted by Gasteiger charge is 2.17. The number of fused-ring (bicyclic) bond motifs is 1. The van der Waals surface area contributed by atoms with Crippen molar-refractivity contribution >= 4 is 22.9 Å². The van der Waals surface area contributed by atoms with Crippen LogP contribution in [0.3, 0.4) is 0 Å². The van der Waals surface area contributed by atoms with E-state index in [-0.39, 0.29) is 12.5 Å². The minimum absolute atomic E-state index is 0.0686. The van der Waals surface area contributed by atoms with Gasteiger partial charge in [-0.1, -0.05) is 19.1 Å². The summed E-state index contributed by atoms with van der Waals surface area (Å²) in [5, 5.41) is 8.86. The average Bonchev–Trinajstić information content (AvgIpc) is 2.87. The minimum atomic E-state index is -0.893. The molecule has 0 aliphatic heterocycles. The minimum Gasteiger partial charge on any atom is -0.481 e. The zero-order chi connectivity index (χ0) is 15.4. The SMILES string of the molecule is CC(CN(C)C(=O)CCn1cnc2ccccc21)C(=O)O. The van der Waals surface area contributed by atoms with Crippen LogP contribution in [0.25, 0.3) is 11.0 Å². The van der Waals surface area contributed by atoms with E-state index >= 15 is 0 Å².